The van der Waals surface area contributed by atoms with Crippen LogP contribution in [-0.4, -0.2) is 35.2 Å². The topological polar surface area (TPSA) is 81.1 Å². The van der Waals surface area contributed by atoms with E-state index in [0.717, 1.165) is 22.7 Å². The molecule has 2 N–H and O–H groups in total. The number of carboxylic acids is 2. The number of fused-ring (bicyclic) bond motifs is 4. The van der Waals surface area contributed by atoms with Crippen molar-refractivity contribution in [2.45, 2.75) is 32.4 Å². The molecule has 2 aliphatic heterocycles. The quantitative estimate of drug-likeness (QED) is 0.259. The van der Waals surface area contributed by atoms with E-state index in [1.165, 1.54) is 19.6 Å². The van der Waals surface area contributed by atoms with Crippen molar-refractivity contribution < 1.29 is 19.8 Å². The van der Waals surface area contributed by atoms with Crippen molar-refractivity contribution in [2.75, 3.05) is 22.9 Å². The van der Waals surface area contributed by atoms with Gasteiger partial charge in [-0.15, -0.1) is 0 Å². The molecule has 4 aromatic rings. The largest absolute Gasteiger partial charge is 0.481 e. The van der Waals surface area contributed by atoms with Crippen LogP contribution in [-0.2, 0) is 9.59 Å². The minimum Gasteiger partial charge on any atom is -0.481 e. The van der Waals surface area contributed by atoms with Crippen molar-refractivity contribution >= 4 is 58.2 Å². The second kappa shape index (κ2) is 11.7. The van der Waals surface area contributed by atoms with Gasteiger partial charge in [0.2, 0.25) is 0 Å². The maximum atomic E-state index is 10.8. The van der Waals surface area contributed by atoms with Gasteiger partial charge >= 0.3 is 11.9 Å². The van der Waals surface area contributed by atoms with Gasteiger partial charge in [-0.2, -0.15) is 0 Å². The summed E-state index contributed by atoms with van der Waals surface area (Å²) in [5.74, 6) is -1.54. The van der Waals surface area contributed by atoms with E-state index in [2.05, 4.69) is 34.1 Å². The van der Waals surface area contributed by atoms with Gasteiger partial charge in [0.05, 0.1) is 35.6 Å². The predicted molar refractivity (Wildman–Crippen MR) is 153 cm³/mol. The average molecular weight is 543 g/mol. The number of rotatable bonds is 6. The number of carbonyl (C=O) groups is 2. The highest BCUT2D eigenvalue weighted by Gasteiger charge is 2.24. The summed E-state index contributed by atoms with van der Waals surface area (Å²) in [7, 11) is 0. The van der Waals surface area contributed by atoms with E-state index in [9.17, 15) is 9.59 Å². The van der Waals surface area contributed by atoms with E-state index in [1.54, 1.807) is 23.5 Å². The van der Waals surface area contributed by atoms with Crippen LogP contribution in [0.15, 0.2) is 117 Å². The fourth-order valence-electron chi connectivity index (χ4n) is 4.46. The van der Waals surface area contributed by atoms with E-state index in [1.807, 2.05) is 72.8 Å². The summed E-state index contributed by atoms with van der Waals surface area (Å²) in [6.07, 6.45) is 0.265. The molecule has 2 heterocycles. The van der Waals surface area contributed by atoms with Crippen LogP contribution in [0.5, 0.6) is 0 Å². The van der Waals surface area contributed by atoms with Crippen molar-refractivity contribution in [1.29, 1.82) is 0 Å². The van der Waals surface area contributed by atoms with Crippen LogP contribution in [0.3, 0.4) is 0 Å². The van der Waals surface area contributed by atoms with Crippen LogP contribution in [0.25, 0.3) is 0 Å². The molecule has 0 fully saturated rings. The Bertz CT molecular complexity index is 1270. The third-order valence-electron chi connectivity index (χ3n) is 6.16. The Kier molecular flexibility index (Phi) is 7.91. The molecule has 0 radical (unpaired) electrons. The molecular weight excluding hydrogens is 516 g/mol. The molecule has 0 saturated heterocycles. The smallest absolute Gasteiger partial charge is 0.305 e. The van der Waals surface area contributed by atoms with Crippen molar-refractivity contribution in [3.63, 3.8) is 0 Å². The third-order valence-corrected chi connectivity index (χ3v) is 8.42. The highest BCUT2D eigenvalue weighted by Crippen LogP contribution is 2.48. The van der Waals surface area contributed by atoms with Crippen LogP contribution in [0, 0.1) is 0 Å². The normalized spacial score (nSPS) is 12.7. The standard InChI is InChI=1S/2C15H13NO2S/c2*17-15(18)9-10-16-11-5-1-3-7-13(11)19-14-8-4-2-6-12(14)16/h2*1-8H,9-10H2,(H,17,18). The summed E-state index contributed by atoms with van der Waals surface area (Å²) < 4.78 is 0. The molecule has 0 unspecified atom stereocenters. The van der Waals surface area contributed by atoms with E-state index < -0.39 is 11.9 Å². The van der Waals surface area contributed by atoms with E-state index in [-0.39, 0.29) is 12.8 Å². The van der Waals surface area contributed by atoms with Crippen molar-refractivity contribution in [3.05, 3.63) is 97.1 Å². The number of nitrogens with zero attached hydrogens (tertiary/aromatic N) is 2. The molecule has 0 amide bonds. The Balaban J connectivity index is 0.000000155. The lowest BCUT2D eigenvalue weighted by molar-refractivity contribution is -0.137. The second-order valence-corrected chi connectivity index (χ2v) is 10.8. The van der Waals surface area contributed by atoms with E-state index >= 15 is 0 Å². The molecule has 38 heavy (non-hydrogen) atoms. The molecular formula is C30H26N2O4S2. The first-order valence-corrected chi connectivity index (χ1v) is 13.8. The van der Waals surface area contributed by atoms with Gasteiger partial charge in [0.25, 0.3) is 0 Å². The zero-order chi connectivity index (χ0) is 26.5. The van der Waals surface area contributed by atoms with Gasteiger partial charge in [0.15, 0.2) is 0 Å². The average Bonchev–Trinajstić information content (AvgIpc) is 2.93. The Labute approximate surface area is 229 Å². The molecule has 0 aromatic heterocycles. The molecule has 4 aromatic carbocycles. The summed E-state index contributed by atoms with van der Waals surface area (Å²) in [6.45, 7) is 0.980. The molecule has 0 bridgehead atoms. The molecule has 0 atom stereocenters. The minimum absolute atomic E-state index is 0.132. The summed E-state index contributed by atoms with van der Waals surface area (Å²) in [5.41, 5.74) is 4.36. The highest BCUT2D eigenvalue weighted by molar-refractivity contribution is 8.00. The van der Waals surface area contributed by atoms with Gasteiger partial charge in [0.1, 0.15) is 0 Å². The zero-order valence-corrected chi connectivity index (χ0v) is 22.1. The number of aliphatic carboxylic acids is 2. The fourth-order valence-corrected chi connectivity index (χ4v) is 6.65. The Morgan fingerprint density at radius 3 is 1.03 bits per heavy atom. The molecule has 2 aliphatic rings. The van der Waals surface area contributed by atoms with Gasteiger partial charge < -0.3 is 20.0 Å². The number of benzene rings is 4. The van der Waals surface area contributed by atoms with Crippen molar-refractivity contribution in [1.82, 2.24) is 0 Å². The monoisotopic (exact) mass is 542 g/mol. The number of hydrogen-bond donors (Lipinski definition) is 2. The van der Waals surface area contributed by atoms with Crippen LogP contribution in [0.2, 0.25) is 0 Å². The summed E-state index contributed by atoms with van der Waals surface area (Å²) in [6, 6.07) is 32.4. The van der Waals surface area contributed by atoms with Gasteiger partial charge in [-0.3, -0.25) is 9.59 Å². The molecule has 6 rings (SSSR count). The molecule has 0 spiro atoms. The maximum Gasteiger partial charge on any atom is 0.305 e. The fraction of sp³-hybridized carbons (Fsp3) is 0.133. The SMILES string of the molecule is O=C(O)CCN1c2ccccc2Sc2ccccc21.O=C(O)CCN1c2ccccc2Sc2ccccc21. The Hall–Kier alpha value is -3.88. The van der Waals surface area contributed by atoms with E-state index in [4.69, 9.17) is 10.2 Å². The number of para-hydroxylation sites is 4. The first kappa shape index (κ1) is 25.8. The van der Waals surface area contributed by atoms with Gasteiger partial charge in [-0.05, 0) is 48.5 Å². The highest BCUT2D eigenvalue weighted by atomic mass is 32.2. The van der Waals surface area contributed by atoms with Gasteiger partial charge in [-0.25, -0.2) is 0 Å². The molecule has 8 heteroatoms. The predicted octanol–water partition coefficient (Wildman–Crippen LogP) is 7.53. The third kappa shape index (κ3) is 5.66. The van der Waals surface area contributed by atoms with Crippen LogP contribution in [0.1, 0.15) is 12.8 Å². The first-order chi connectivity index (χ1) is 18.5. The van der Waals surface area contributed by atoms with Crippen molar-refractivity contribution in [2.24, 2.45) is 0 Å². The van der Waals surface area contributed by atoms with Crippen LogP contribution >= 0.6 is 23.5 Å². The van der Waals surface area contributed by atoms with Gasteiger partial charge in [0, 0.05) is 32.7 Å². The van der Waals surface area contributed by atoms with Crippen molar-refractivity contribution in [3.8, 4) is 0 Å². The first-order valence-electron chi connectivity index (χ1n) is 12.2. The Morgan fingerprint density at radius 2 is 0.763 bits per heavy atom. The lowest BCUT2D eigenvalue weighted by Gasteiger charge is -2.32. The molecule has 0 saturated carbocycles. The lowest BCUT2D eigenvalue weighted by atomic mass is 10.2. The number of hydrogen-bond acceptors (Lipinski definition) is 6. The van der Waals surface area contributed by atoms with E-state index in [0.29, 0.717) is 13.1 Å². The zero-order valence-electron chi connectivity index (χ0n) is 20.5. The number of anilines is 4. The van der Waals surface area contributed by atoms with Crippen LogP contribution < -0.4 is 9.80 Å². The molecule has 0 aliphatic carbocycles. The maximum absolute atomic E-state index is 10.8. The summed E-state index contributed by atoms with van der Waals surface area (Å²) >= 11 is 3.46. The Morgan fingerprint density at radius 1 is 0.500 bits per heavy atom. The van der Waals surface area contributed by atoms with Crippen LogP contribution in [0.4, 0.5) is 22.7 Å². The lowest BCUT2D eigenvalue weighted by Crippen LogP contribution is -2.23. The summed E-state index contributed by atoms with van der Waals surface area (Å²) in [5, 5.41) is 17.8. The summed E-state index contributed by atoms with van der Waals surface area (Å²) in [4.78, 5) is 30.5. The second-order valence-electron chi connectivity index (χ2n) is 8.67. The minimum atomic E-state index is -0.770. The number of carboxylic acid groups (broad SMARTS) is 2. The molecule has 192 valence electrons. The van der Waals surface area contributed by atoms with Gasteiger partial charge in [-0.1, -0.05) is 72.1 Å². The molecule has 6 nitrogen and oxygen atoms in total.